The number of rotatable bonds is 10. The van der Waals surface area contributed by atoms with Crippen LogP contribution in [0.15, 0.2) is 47.0 Å². The summed E-state index contributed by atoms with van der Waals surface area (Å²) >= 11 is 0. The second-order valence-corrected chi connectivity index (χ2v) is 11.0. The van der Waals surface area contributed by atoms with Gasteiger partial charge in [-0.05, 0) is 61.7 Å². The number of fused-ring (bicyclic) bond motifs is 1. The third-order valence-electron chi connectivity index (χ3n) is 6.37. The van der Waals surface area contributed by atoms with Gasteiger partial charge in [0.2, 0.25) is 10.0 Å². The number of sulfonamides is 1. The summed E-state index contributed by atoms with van der Waals surface area (Å²) in [5.41, 5.74) is 7.71. The minimum Gasteiger partial charge on any atom is -0.490 e. The van der Waals surface area contributed by atoms with Crippen LogP contribution >= 0.6 is 0 Å². The molecule has 1 aromatic heterocycles. The minimum absolute atomic E-state index is 0.0186. The normalized spacial score (nSPS) is 14.6. The Morgan fingerprint density at radius 1 is 1.24 bits per heavy atom. The quantitative estimate of drug-likeness (QED) is 0.264. The van der Waals surface area contributed by atoms with Crippen molar-refractivity contribution in [1.29, 1.82) is 5.41 Å². The number of carboxylic acid groups (broad SMARTS) is 1. The number of carbonyl (C=O) groups is 1. The summed E-state index contributed by atoms with van der Waals surface area (Å²) in [7, 11) is -4.09. The van der Waals surface area contributed by atoms with Gasteiger partial charge in [-0.1, -0.05) is 11.2 Å². The van der Waals surface area contributed by atoms with Crippen molar-refractivity contribution in [3.05, 3.63) is 48.0 Å². The molecule has 0 radical (unpaired) electrons. The fourth-order valence-electron chi connectivity index (χ4n) is 4.44. The molecule has 1 fully saturated rings. The van der Waals surface area contributed by atoms with E-state index in [9.17, 15) is 13.2 Å². The van der Waals surface area contributed by atoms with Crippen LogP contribution in [-0.4, -0.2) is 66.9 Å². The first kappa shape index (κ1) is 26.3. The highest BCUT2D eigenvalue weighted by molar-refractivity contribution is 7.93. The van der Waals surface area contributed by atoms with Crippen molar-refractivity contribution in [2.24, 2.45) is 0 Å². The molecule has 0 spiro atoms. The molecule has 3 aromatic rings. The number of aromatic nitrogens is 1. The summed E-state index contributed by atoms with van der Waals surface area (Å²) in [5, 5.41) is 21.3. The van der Waals surface area contributed by atoms with E-state index in [1.165, 1.54) is 0 Å². The molecule has 1 aliphatic rings. The highest BCUT2D eigenvalue weighted by Gasteiger charge is 2.26. The molecule has 2 heterocycles. The number of carboxylic acids is 1. The summed E-state index contributed by atoms with van der Waals surface area (Å²) in [5.74, 6) is -0.956. The van der Waals surface area contributed by atoms with E-state index in [0.29, 0.717) is 46.9 Å². The molecule has 2 aromatic carbocycles. The van der Waals surface area contributed by atoms with E-state index in [1.54, 1.807) is 37.3 Å². The van der Waals surface area contributed by atoms with Crippen LogP contribution in [-0.2, 0) is 21.2 Å². The van der Waals surface area contributed by atoms with Gasteiger partial charge in [0.25, 0.3) is 0 Å². The van der Waals surface area contributed by atoms with Crippen molar-refractivity contribution in [3.8, 4) is 5.75 Å². The van der Waals surface area contributed by atoms with Crippen LogP contribution in [0.3, 0.4) is 0 Å². The molecule has 198 valence electrons. The lowest BCUT2D eigenvalue weighted by atomic mass is 10.1. The molecule has 0 saturated carbocycles. The fourth-order valence-corrected chi connectivity index (χ4v) is 5.76. The number of piperidine rings is 1. The third-order valence-corrected chi connectivity index (χ3v) is 8.05. The number of hydrogen-bond donors (Lipinski definition) is 3. The first-order valence-corrected chi connectivity index (χ1v) is 13.7. The molecular weight excluding hydrogens is 498 g/mol. The number of benzene rings is 2. The van der Waals surface area contributed by atoms with Gasteiger partial charge in [0.05, 0.1) is 16.9 Å². The Labute approximate surface area is 215 Å². The zero-order chi connectivity index (χ0) is 26.6. The summed E-state index contributed by atoms with van der Waals surface area (Å²) in [6.07, 6.45) is 2.62. The number of aliphatic carboxylic acids is 1. The van der Waals surface area contributed by atoms with Crippen LogP contribution in [0.25, 0.3) is 11.0 Å². The standard InChI is InChI=1S/C25H31N5O6S/c1-17(26)29-13-10-21(11-14-29)35-20-7-5-19(6-8-20)30(37(33,34)16-24(31)32)12-2-3-18-4-9-23-22(15-18)25(27)28-36-23/h4-9,15,21,26H,2-3,10-14,16H2,1H3,(H2,27,28)(H,31,32). The van der Waals surface area contributed by atoms with Gasteiger partial charge >= 0.3 is 5.97 Å². The van der Waals surface area contributed by atoms with Gasteiger partial charge < -0.3 is 25.0 Å². The summed E-state index contributed by atoms with van der Waals surface area (Å²) in [6.45, 7) is 3.40. The van der Waals surface area contributed by atoms with Crippen LogP contribution < -0.4 is 14.8 Å². The van der Waals surface area contributed by atoms with Crippen molar-refractivity contribution in [2.75, 3.05) is 35.4 Å². The van der Waals surface area contributed by atoms with Gasteiger partial charge in [-0.2, -0.15) is 0 Å². The summed E-state index contributed by atoms with van der Waals surface area (Å²) < 4.78 is 38.1. The average Bonchev–Trinajstić information content (AvgIpc) is 3.22. The number of anilines is 2. The zero-order valence-electron chi connectivity index (χ0n) is 20.6. The lowest BCUT2D eigenvalue weighted by Gasteiger charge is -2.33. The van der Waals surface area contributed by atoms with E-state index in [2.05, 4.69) is 5.16 Å². The molecule has 4 rings (SSSR count). The van der Waals surface area contributed by atoms with Crippen LogP contribution in [0.5, 0.6) is 5.75 Å². The monoisotopic (exact) mass is 529 g/mol. The predicted octanol–water partition coefficient (Wildman–Crippen LogP) is 3.10. The Bertz CT molecular complexity index is 1360. The molecule has 12 heteroatoms. The number of nitrogen functional groups attached to an aromatic ring is 1. The van der Waals surface area contributed by atoms with Crippen molar-refractivity contribution in [1.82, 2.24) is 10.1 Å². The van der Waals surface area contributed by atoms with Crippen molar-refractivity contribution >= 4 is 44.3 Å². The molecule has 37 heavy (non-hydrogen) atoms. The van der Waals surface area contributed by atoms with Crippen LogP contribution in [0.4, 0.5) is 11.5 Å². The molecule has 1 aliphatic heterocycles. The highest BCUT2D eigenvalue weighted by atomic mass is 32.2. The van der Waals surface area contributed by atoms with E-state index in [1.807, 2.05) is 17.0 Å². The van der Waals surface area contributed by atoms with Crippen LogP contribution in [0.1, 0.15) is 31.7 Å². The fraction of sp³-hybridized carbons (Fsp3) is 0.400. The number of hydrogen-bond acceptors (Lipinski definition) is 8. The lowest BCUT2D eigenvalue weighted by Crippen LogP contribution is -2.40. The highest BCUT2D eigenvalue weighted by Crippen LogP contribution is 2.26. The van der Waals surface area contributed by atoms with Gasteiger partial charge in [-0.25, -0.2) is 8.42 Å². The van der Waals surface area contributed by atoms with Crippen LogP contribution in [0, 0.1) is 5.41 Å². The first-order chi connectivity index (χ1) is 17.6. The molecule has 0 aliphatic carbocycles. The minimum atomic E-state index is -4.09. The molecule has 11 nitrogen and oxygen atoms in total. The molecule has 0 bridgehead atoms. The zero-order valence-corrected chi connectivity index (χ0v) is 21.4. The van der Waals surface area contributed by atoms with Gasteiger partial charge in [-0.15, -0.1) is 0 Å². The van der Waals surface area contributed by atoms with Gasteiger partial charge in [0.15, 0.2) is 17.2 Å². The number of ether oxygens (including phenoxy) is 1. The smallest absolute Gasteiger partial charge is 0.320 e. The maximum absolute atomic E-state index is 12.9. The second-order valence-electron chi connectivity index (χ2n) is 9.11. The van der Waals surface area contributed by atoms with E-state index in [-0.39, 0.29) is 12.6 Å². The maximum Gasteiger partial charge on any atom is 0.320 e. The number of nitrogens with one attached hydrogen (secondary N) is 1. The van der Waals surface area contributed by atoms with E-state index < -0.39 is 21.7 Å². The SMILES string of the molecule is CC(=N)N1CCC(Oc2ccc(N(CCCc3ccc4onc(N)c4c3)S(=O)(=O)CC(=O)O)cc2)CC1. The lowest BCUT2D eigenvalue weighted by molar-refractivity contribution is -0.134. The third kappa shape index (κ3) is 6.50. The average molecular weight is 530 g/mol. The van der Waals surface area contributed by atoms with E-state index >= 15 is 0 Å². The maximum atomic E-state index is 12.9. The Kier molecular flexibility index (Phi) is 7.86. The van der Waals surface area contributed by atoms with Crippen molar-refractivity contribution in [3.63, 3.8) is 0 Å². The van der Waals surface area contributed by atoms with E-state index in [0.717, 1.165) is 35.8 Å². The largest absolute Gasteiger partial charge is 0.490 e. The van der Waals surface area contributed by atoms with Gasteiger partial charge in [0, 0.05) is 32.5 Å². The van der Waals surface area contributed by atoms with Crippen molar-refractivity contribution < 1.29 is 27.6 Å². The first-order valence-electron chi connectivity index (χ1n) is 12.1. The molecular formula is C25H31N5O6S. The number of amidine groups is 1. The Morgan fingerprint density at radius 3 is 2.59 bits per heavy atom. The van der Waals surface area contributed by atoms with Crippen molar-refractivity contribution in [2.45, 2.75) is 38.7 Å². The molecule has 0 unspecified atom stereocenters. The Hall–Kier alpha value is -3.80. The number of nitrogens with zero attached hydrogens (tertiary/aromatic N) is 3. The Morgan fingerprint density at radius 2 is 1.95 bits per heavy atom. The summed E-state index contributed by atoms with van der Waals surface area (Å²) in [4.78, 5) is 13.3. The number of aryl methyl sites for hydroxylation is 1. The summed E-state index contributed by atoms with van der Waals surface area (Å²) in [6, 6.07) is 12.2. The predicted molar refractivity (Wildman–Crippen MR) is 141 cm³/mol. The second kappa shape index (κ2) is 11.1. The number of likely N-dealkylation sites (tertiary alicyclic amines) is 1. The molecule has 4 N–H and O–H groups in total. The van der Waals surface area contributed by atoms with Crippen LogP contribution in [0.2, 0.25) is 0 Å². The molecule has 0 atom stereocenters. The van der Waals surface area contributed by atoms with E-state index in [4.69, 9.17) is 25.5 Å². The van der Waals surface area contributed by atoms with Gasteiger partial charge in [-0.3, -0.25) is 14.5 Å². The Balaban J connectivity index is 1.43. The molecule has 0 amide bonds. The molecule has 1 saturated heterocycles. The topological polar surface area (TPSA) is 163 Å². The van der Waals surface area contributed by atoms with Gasteiger partial charge in [0.1, 0.15) is 11.9 Å². The number of nitrogens with two attached hydrogens (primary N) is 1.